The molecule has 0 amide bonds. The van der Waals surface area contributed by atoms with Gasteiger partial charge in [-0.05, 0) is 12.5 Å². The van der Waals surface area contributed by atoms with E-state index in [2.05, 4.69) is 52.4 Å². The highest BCUT2D eigenvalue weighted by molar-refractivity contribution is 5.20. The smallest absolute Gasteiger partial charge is 0.0594 e. The molecule has 2 atom stereocenters. The zero-order chi connectivity index (χ0) is 14.5. The maximum absolute atomic E-state index is 5.43. The van der Waals surface area contributed by atoms with Gasteiger partial charge in [0.15, 0.2) is 0 Å². The molecule has 116 valence electrons. The zero-order valence-corrected chi connectivity index (χ0v) is 13.0. The topological polar surface area (TPSA) is 27.7 Å². The highest BCUT2D eigenvalue weighted by Crippen LogP contribution is 2.23. The van der Waals surface area contributed by atoms with Crippen LogP contribution in [0.2, 0.25) is 0 Å². The summed E-state index contributed by atoms with van der Waals surface area (Å²) in [5, 5.41) is 3.62. The number of hydrogen-bond acceptors (Lipinski definition) is 4. The molecule has 0 spiro atoms. The van der Waals surface area contributed by atoms with Crippen molar-refractivity contribution in [1.29, 1.82) is 0 Å². The van der Waals surface area contributed by atoms with Gasteiger partial charge in [-0.1, -0.05) is 30.3 Å². The van der Waals surface area contributed by atoms with Crippen LogP contribution in [-0.2, 0) is 4.74 Å². The summed E-state index contributed by atoms with van der Waals surface area (Å²) in [6, 6.07) is 12.0. The molecule has 1 aromatic rings. The van der Waals surface area contributed by atoms with Gasteiger partial charge in [0.05, 0.1) is 13.2 Å². The van der Waals surface area contributed by atoms with Crippen molar-refractivity contribution in [3.05, 3.63) is 35.9 Å². The number of nitrogens with zero attached hydrogens (tertiary/aromatic N) is 2. The Labute approximate surface area is 128 Å². The van der Waals surface area contributed by atoms with Crippen molar-refractivity contribution in [1.82, 2.24) is 15.1 Å². The van der Waals surface area contributed by atoms with Crippen LogP contribution in [0.5, 0.6) is 0 Å². The van der Waals surface area contributed by atoms with Crippen LogP contribution in [0, 0.1) is 0 Å². The van der Waals surface area contributed by atoms with Crippen molar-refractivity contribution in [3.63, 3.8) is 0 Å². The van der Waals surface area contributed by atoms with Gasteiger partial charge in [-0.2, -0.15) is 0 Å². The molecule has 2 fully saturated rings. The number of ether oxygens (including phenoxy) is 1. The van der Waals surface area contributed by atoms with Gasteiger partial charge in [-0.15, -0.1) is 0 Å². The molecule has 0 bridgehead atoms. The van der Waals surface area contributed by atoms with Crippen LogP contribution in [0.4, 0.5) is 0 Å². The first-order valence-corrected chi connectivity index (χ1v) is 8.15. The maximum Gasteiger partial charge on any atom is 0.0594 e. The summed E-state index contributed by atoms with van der Waals surface area (Å²) in [6.45, 7) is 10.7. The van der Waals surface area contributed by atoms with E-state index in [1.54, 1.807) is 0 Å². The average Bonchev–Trinajstić information content (AvgIpc) is 2.55. The lowest BCUT2D eigenvalue weighted by Crippen LogP contribution is -2.53. The minimum absolute atomic E-state index is 0.503. The first-order chi connectivity index (χ1) is 10.3. The number of hydrogen-bond donors (Lipinski definition) is 1. The second-order valence-electron chi connectivity index (χ2n) is 6.18. The molecule has 1 N–H and O–H groups in total. The van der Waals surface area contributed by atoms with Crippen LogP contribution in [0.1, 0.15) is 18.5 Å². The van der Waals surface area contributed by atoms with Gasteiger partial charge in [-0.3, -0.25) is 9.80 Å². The van der Waals surface area contributed by atoms with Crippen LogP contribution in [0.15, 0.2) is 30.3 Å². The Kier molecular flexibility index (Phi) is 5.25. The van der Waals surface area contributed by atoms with Gasteiger partial charge >= 0.3 is 0 Å². The van der Waals surface area contributed by atoms with Gasteiger partial charge in [0, 0.05) is 51.4 Å². The van der Waals surface area contributed by atoms with Crippen molar-refractivity contribution >= 4 is 0 Å². The van der Waals surface area contributed by atoms with Crippen molar-refractivity contribution in [3.8, 4) is 0 Å². The molecule has 0 radical (unpaired) electrons. The number of benzene rings is 1. The Morgan fingerprint density at radius 2 is 1.90 bits per heavy atom. The normalized spacial score (nSPS) is 28.6. The van der Waals surface area contributed by atoms with E-state index in [9.17, 15) is 0 Å². The van der Waals surface area contributed by atoms with E-state index in [-0.39, 0.29) is 0 Å². The fourth-order valence-corrected chi connectivity index (χ4v) is 3.33. The first kappa shape index (κ1) is 15.0. The molecule has 2 unspecified atom stereocenters. The average molecular weight is 289 g/mol. The fourth-order valence-electron chi connectivity index (χ4n) is 3.33. The summed E-state index contributed by atoms with van der Waals surface area (Å²) in [4.78, 5) is 5.17. The predicted molar refractivity (Wildman–Crippen MR) is 85.5 cm³/mol. The van der Waals surface area contributed by atoms with E-state index in [0.717, 1.165) is 52.5 Å². The minimum atomic E-state index is 0.503. The zero-order valence-electron chi connectivity index (χ0n) is 13.0. The second-order valence-corrected chi connectivity index (χ2v) is 6.18. The van der Waals surface area contributed by atoms with Gasteiger partial charge in [0.1, 0.15) is 0 Å². The summed E-state index contributed by atoms with van der Waals surface area (Å²) in [5.41, 5.74) is 1.43. The standard InChI is InChI=1S/C17H27N3O/c1-15-14-20(8-7-19-9-11-21-12-10-19)17(13-18-15)16-5-3-2-4-6-16/h2-6,15,17-18H,7-14H2,1H3. The third kappa shape index (κ3) is 4.04. The van der Waals surface area contributed by atoms with E-state index in [4.69, 9.17) is 4.74 Å². The summed E-state index contributed by atoms with van der Waals surface area (Å²) in [7, 11) is 0. The number of morpholine rings is 1. The molecule has 2 aliphatic rings. The highest BCUT2D eigenvalue weighted by Gasteiger charge is 2.27. The first-order valence-electron chi connectivity index (χ1n) is 8.15. The maximum atomic E-state index is 5.43. The summed E-state index contributed by atoms with van der Waals surface area (Å²) >= 11 is 0. The van der Waals surface area contributed by atoms with E-state index in [1.807, 2.05) is 0 Å². The SMILES string of the molecule is CC1CN(CCN2CCOCC2)C(c2ccccc2)CN1. The van der Waals surface area contributed by atoms with Crippen molar-refractivity contribution in [2.24, 2.45) is 0 Å². The molecule has 3 rings (SSSR count). The Balaban J connectivity index is 1.61. The van der Waals surface area contributed by atoms with Crippen molar-refractivity contribution in [2.75, 3.05) is 52.5 Å². The van der Waals surface area contributed by atoms with Crippen LogP contribution in [-0.4, -0.2) is 68.3 Å². The minimum Gasteiger partial charge on any atom is -0.379 e. The summed E-state index contributed by atoms with van der Waals surface area (Å²) in [6.07, 6.45) is 0. The molecule has 0 aromatic heterocycles. The van der Waals surface area contributed by atoms with Gasteiger partial charge in [-0.25, -0.2) is 0 Å². The predicted octanol–water partition coefficient (Wildman–Crippen LogP) is 1.35. The second kappa shape index (κ2) is 7.36. The molecule has 2 heterocycles. The van der Waals surface area contributed by atoms with Crippen LogP contribution >= 0.6 is 0 Å². The van der Waals surface area contributed by atoms with E-state index in [1.165, 1.54) is 5.56 Å². The molecular weight excluding hydrogens is 262 g/mol. The van der Waals surface area contributed by atoms with Crippen molar-refractivity contribution in [2.45, 2.75) is 19.0 Å². The Bertz CT molecular complexity index is 419. The molecule has 2 saturated heterocycles. The summed E-state index contributed by atoms with van der Waals surface area (Å²) in [5.74, 6) is 0. The number of nitrogens with one attached hydrogen (secondary N) is 1. The van der Waals surface area contributed by atoms with E-state index < -0.39 is 0 Å². The van der Waals surface area contributed by atoms with Crippen molar-refractivity contribution < 1.29 is 4.74 Å². The van der Waals surface area contributed by atoms with E-state index >= 15 is 0 Å². The van der Waals surface area contributed by atoms with Crippen LogP contribution in [0.3, 0.4) is 0 Å². The molecule has 0 saturated carbocycles. The number of piperazine rings is 1. The lowest BCUT2D eigenvalue weighted by Gasteiger charge is -2.41. The fraction of sp³-hybridized carbons (Fsp3) is 0.647. The van der Waals surface area contributed by atoms with Gasteiger partial charge in [0.25, 0.3) is 0 Å². The molecule has 4 heteroatoms. The Morgan fingerprint density at radius 3 is 2.67 bits per heavy atom. The molecule has 0 aliphatic carbocycles. The largest absolute Gasteiger partial charge is 0.379 e. The Morgan fingerprint density at radius 1 is 1.14 bits per heavy atom. The monoisotopic (exact) mass is 289 g/mol. The third-order valence-electron chi connectivity index (χ3n) is 4.60. The van der Waals surface area contributed by atoms with Gasteiger partial charge in [0.2, 0.25) is 0 Å². The quantitative estimate of drug-likeness (QED) is 0.906. The third-order valence-corrected chi connectivity index (χ3v) is 4.60. The molecular formula is C17H27N3O. The highest BCUT2D eigenvalue weighted by atomic mass is 16.5. The lowest BCUT2D eigenvalue weighted by molar-refractivity contribution is 0.0274. The molecule has 1 aromatic carbocycles. The Hall–Kier alpha value is -0.940. The lowest BCUT2D eigenvalue weighted by atomic mass is 10.0. The molecule has 2 aliphatic heterocycles. The number of rotatable bonds is 4. The summed E-state index contributed by atoms with van der Waals surface area (Å²) < 4.78 is 5.43. The van der Waals surface area contributed by atoms with Crippen LogP contribution in [0.25, 0.3) is 0 Å². The van der Waals surface area contributed by atoms with Crippen LogP contribution < -0.4 is 5.32 Å². The molecule has 4 nitrogen and oxygen atoms in total. The van der Waals surface area contributed by atoms with Gasteiger partial charge < -0.3 is 10.1 Å². The van der Waals surface area contributed by atoms with E-state index in [0.29, 0.717) is 12.1 Å². The molecule has 21 heavy (non-hydrogen) atoms.